The Morgan fingerprint density at radius 2 is 0.873 bits per heavy atom. The molecule has 4 heterocycles. The normalized spacial score (nSPS) is 12.0. The van der Waals surface area contributed by atoms with Crippen LogP contribution in [0.1, 0.15) is 0 Å². The lowest BCUT2D eigenvalue weighted by atomic mass is 9.95. The van der Waals surface area contributed by atoms with Crippen LogP contribution in [-0.4, -0.2) is 24.1 Å². The quantitative estimate of drug-likeness (QED) is 0.183. The van der Waals surface area contributed by atoms with Crippen LogP contribution in [0, 0.1) is 0 Å². The molecule has 55 heavy (non-hydrogen) atoms. The standard InChI is InChI=1S/C49H29N5O/c1-4-16-30(17-5-1)47-50-48(31-18-6-2-7-19-31)52-49(51-47)54-38-26-14-10-22-33(38)41-36-28-29-40-42(35-24-12-15-27-39(35)55-40)43(36)44-34-23-11-13-25-37(34)53(46(44)45(41)54)32-20-8-3-9-21-32/h1-29H. The van der Waals surface area contributed by atoms with E-state index in [-0.39, 0.29) is 0 Å². The summed E-state index contributed by atoms with van der Waals surface area (Å²) >= 11 is 0. The summed E-state index contributed by atoms with van der Waals surface area (Å²) in [6, 6.07) is 61.1. The Morgan fingerprint density at radius 1 is 0.345 bits per heavy atom. The highest BCUT2D eigenvalue weighted by Crippen LogP contribution is 2.49. The van der Waals surface area contributed by atoms with Gasteiger partial charge in [-0.25, -0.2) is 4.98 Å². The van der Waals surface area contributed by atoms with Crippen LogP contribution < -0.4 is 0 Å². The third kappa shape index (κ3) is 4.27. The number of fused-ring (bicyclic) bond motifs is 14. The van der Waals surface area contributed by atoms with Crippen LogP contribution in [0.15, 0.2) is 180 Å². The summed E-state index contributed by atoms with van der Waals surface area (Å²) in [7, 11) is 0. The maximum absolute atomic E-state index is 6.56. The first-order chi connectivity index (χ1) is 27.3. The highest BCUT2D eigenvalue weighted by molar-refractivity contribution is 6.41. The number of hydrogen-bond donors (Lipinski definition) is 0. The molecule has 0 spiro atoms. The lowest BCUT2D eigenvalue weighted by Gasteiger charge is -2.14. The first kappa shape index (κ1) is 29.9. The van der Waals surface area contributed by atoms with Gasteiger partial charge in [0.05, 0.1) is 22.1 Å². The minimum atomic E-state index is 0.555. The van der Waals surface area contributed by atoms with Crippen molar-refractivity contribution in [3.8, 4) is 34.4 Å². The molecule has 12 rings (SSSR count). The number of furan rings is 1. The van der Waals surface area contributed by atoms with Crippen molar-refractivity contribution in [2.24, 2.45) is 0 Å². The van der Waals surface area contributed by atoms with E-state index in [4.69, 9.17) is 19.4 Å². The SMILES string of the molecule is c1ccc(-c2nc(-c3ccccc3)nc(-n3c4ccccc4c4c5ccc6oc7ccccc7c6c5c5c6ccccc6n(-c6ccccc6)c5c43)n2)cc1. The Bertz CT molecular complexity index is 3410. The van der Waals surface area contributed by atoms with Crippen LogP contribution in [0.5, 0.6) is 0 Å². The summed E-state index contributed by atoms with van der Waals surface area (Å²) in [5, 5.41) is 9.10. The van der Waals surface area contributed by atoms with Gasteiger partial charge in [-0.3, -0.25) is 4.57 Å². The van der Waals surface area contributed by atoms with Crippen LogP contribution in [0.25, 0.3) is 111 Å². The third-order valence-corrected chi connectivity index (χ3v) is 10.9. The van der Waals surface area contributed by atoms with Gasteiger partial charge >= 0.3 is 0 Å². The number of para-hydroxylation sites is 4. The molecule has 0 radical (unpaired) electrons. The van der Waals surface area contributed by atoms with E-state index in [9.17, 15) is 0 Å². The molecule has 6 heteroatoms. The zero-order valence-corrected chi connectivity index (χ0v) is 29.4. The zero-order chi connectivity index (χ0) is 36.0. The maximum atomic E-state index is 6.56. The predicted molar refractivity (Wildman–Crippen MR) is 224 cm³/mol. The molecule has 4 aromatic heterocycles. The van der Waals surface area contributed by atoms with Gasteiger partial charge in [-0.1, -0.05) is 133 Å². The summed E-state index contributed by atoms with van der Waals surface area (Å²) in [6.07, 6.45) is 0. The van der Waals surface area contributed by atoms with Gasteiger partial charge in [0.2, 0.25) is 5.95 Å². The number of aromatic nitrogens is 5. The molecule has 12 aromatic rings. The summed E-state index contributed by atoms with van der Waals surface area (Å²) in [4.78, 5) is 15.7. The molecular formula is C49H29N5O. The number of nitrogens with zero attached hydrogens (tertiary/aromatic N) is 5. The van der Waals surface area contributed by atoms with E-state index in [2.05, 4.69) is 143 Å². The molecule has 8 aromatic carbocycles. The molecule has 0 amide bonds. The van der Waals surface area contributed by atoms with Crippen molar-refractivity contribution in [2.45, 2.75) is 0 Å². The minimum absolute atomic E-state index is 0.555. The fourth-order valence-corrected chi connectivity index (χ4v) is 8.69. The molecule has 0 saturated heterocycles. The molecule has 0 aliphatic heterocycles. The highest BCUT2D eigenvalue weighted by atomic mass is 16.3. The van der Waals surface area contributed by atoms with Gasteiger partial charge in [0, 0.05) is 54.5 Å². The van der Waals surface area contributed by atoms with E-state index in [0.29, 0.717) is 17.6 Å². The molecule has 0 unspecified atom stereocenters. The van der Waals surface area contributed by atoms with Crippen LogP contribution in [-0.2, 0) is 0 Å². The van der Waals surface area contributed by atoms with Gasteiger partial charge in [-0.2, -0.15) is 9.97 Å². The van der Waals surface area contributed by atoms with Crippen molar-refractivity contribution in [1.82, 2.24) is 24.1 Å². The van der Waals surface area contributed by atoms with E-state index in [1.54, 1.807) is 0 Å². The van der Waals surface area contributed by atoms with Crippen LogP contribution in [0.3, 0.4) is 0 Å². The van der Waals surface area contributed by atoms with Gasteiger partial charge in [-0.05, 0) is 47.9 Å². The van der Waals surface area contributed by atoms with E-state index in [0.717, 1.165) is 87.8 Å². The summed E-state index contributed by atoms with van der Waals surface area (Å²) in [5.74, 6) is 1.78. The molecule has 6 nitrogen and oxygen atoms in total. The number of benzene rings is 8. The molecule has 0 bridgehead atoms. The lowest BCUT2D eigenvalue weighted by Crippen LogP contribution is -2.07. The Kier molecular flexibility index (Phi) is 6.24. The molecule has 0 N–H and O–H groups in total. The Balaban J connectivity index is 1.37. The molecular weight excluding hydrogens is 675 g/mol. The van der Waals surface area contributed by atoms with Crippen molar-refractivity contribution >= 4 is 76.3 Å². The van der Waals surface area contributed by atoms with E-state index in [1.165, 1.54) is 5.39 Å². The molecule has 0 atom stereocenters. The van der Waals surface area contributed by atoms with Crippen molar-refractivity contribution in [3.05, 3.63) is 176 Å². The number of rotatable bonds is 4. The Morgan fingerprint density at radius 3 is 1.55 bits per heavy atom. The van der Waals surface area contributed by atoms with Crippen LogP contribution in [0.4, 0.5) is 0 Å². The van der Waals surface area contributed by atoms with E-state index in [1.807, 2.05) is 42.5 Å². The van der Waals surface area contributed by atoms with Gasteiger partial charge in [0.25, 0.3) is 0 Å². The Hall–Kier alpha value is -7.57. The van der Waals surface area contributed by atoms with Crippen molar-refractivity contribution < 1.29 is 4.42 Å². The van der Waals surface area contributed by atoms with Crippen molar-refractivity contribution in [2.75, 3.05) is 0 Å². The van der Waals surface area contributed by atoms with Gasteiger partial charge in [0.1, 0.15) is 11.2 Å². The second kappa shape index (κ2) is 11.5. The Labute approximate surface area is 314 Å². The molecule has 0 aliphatic rings. The lowest BCUT2D eigenvalue weighted by molar-refractivity contribution is 0.669. The average Bonchev–Trinajstić information content (AvgIpc) is 3.93. The first-order valence-corrected chi connectivity index (χ1v) is 18.5. The van der Waals surface area contributed by atoms with Gasteiger partial charge in [0.15, 0.2) is 11.6 Å². The molecule has 0 fully saturated rings. The largest absolute Gasteiger partial charge is 0.456 e. The summed E-state index contributed by atoms with van der Waals surface area (Å²) < 4.78 is 11.2. The zero-order valence-electron chi connectivity index (χ0n) is 29.4. The van der Waals surface area contributed by atoms with Crippen molar-refractivity contribution in [3.63, 3.8) is 0 Å². The smallest absolute Gasteiger partial charge is 0.238 e. The topological polar surface area (TPSA) is 61.7 Å². The van der Waals surface area contributed by atoms with E-state index < -0.39 is 0 Å². The monoisotopic (exact) mass is 703 g/mol. The second-order valence-electron chi connectivity index (χ2n) is 14.0. The van der Waals surface area contributed by atoms with Gasteiger partial charge < -0.3 is 8.98 Å². The van der Waals surface area contributed by atoms with Crippen molar-refractivity contribution in [1.29, 1.82) is 0 Å². The predicted octanol–water partition coefficient (Wildman–Crippen LogP) is 12.5. The maximum Gasteiger partial charge on any atom is 0.238 e. The van der Waals surface area contributed by atoms with Crippen LogP contribution >= 0.6 is 0 Å². The first-order valence-electron chi connectivity index (χ1n) is 18.5. The van der Waals surface area contributed by atoms with Crippen LogP contribution in [0.2, 0.25) is 0 Å². The van der Waals surface area contributed by atoms with Gasteiger partial charge in [-0.15, -0.1) is 0 Å². The third-order valence-electron chi connectivity index (χ3n) is 10.9. The summed E-state index contributed by atoms with van der Waals surface area (Å²) in [5.41, 5.74) is 8.89. The van der Waals surface area contributed by atoms with E-state index >= 15 is 0 Å². The summed E-state index contributed by atoms with van der Waals surface area (Å²) in [6.45, 7) is 0. The second-order valence-corrected chi connectivity index (χ2v) is 14.0. The average molecular weight is 704 g/mol. The fourth-order valence-electron chi connectivity index (χ4n) is 8.69. The molecule has 256 valence electrons. The fraction of sp³-hybridized carbons (Fsp3) is 0. The molecule has 0 saturated carbocycles. The molecule has 0 aliphatic carbocycles. The highest BCUT2D eigenvalue weighted by Gasteiger charge is 2.28. The minimum Gasteiger partial charge on any atom is -0.456 e. The number of hydrogen-bond acceptors (Lipinski definition) is 4.